The summed E-state index contributed by atoms with van der Waals surface area (Å²) in [6, 6.07) is 5.70. The Morgan fingerprint density at radius 3 is 2.37 bits per heavy atom. The number of alkyl halides is 4. The average Bonchev–Trinajstić information content (AvgIpc) is 2.30. The van der Waals surface area contributed by atoms with Gasteiger partial charge in [0.05, 0.1) is 6.10 Å². The first-order chi connectivity index (χ1) is 8.75. The maximum atomic E-state index is 12.8. The standard InChI is InChI=1S/C12H14ClF4NO/c1-7(18)10(8-4-2-3-5-9(8)13)19-6-12(16,17)11(14)15/h2-5,7,10-11H,6,18H2,1H3. The number of nitrogens with two attached hydrogens (primary N) is 1. The Bertz CT molecular complexity index is 414. The molecule has 0 spiro atoms. The summed E-state index contributed by atoms with van der Waals surface area (Å²) in [6.07, 6.45) is -4.76. The van der Waals surface area contributed by atoms with E-state index in [-0.39, 0.29) is 5.02 Å². The second-order valence-electron chi connectivity index (χ2n) is 4.17. The van der Waals surface area contributed by atoms with Crippen molar-refractivity contribution in [1.29, 1.82) is 0 Å². The van der Waals surface area contributed by atoms with E-state index in [1.165, 1.54) is 6.92 Å². The van der Waals surface area contributed by atoms with Crippen LogP contribution in [0.15, 0.2) is 24.3 Å². The molecule has 0 aliphatic rings. The molecule has 0 saturated carbocycles. The Morgan fingerprint density at radius 2 is 1.89 bits per heavy atom. The molecule has 0 saturated heterocycles. The van der Waals surface area contributed by atoms with Gasteiger partial charge in [-0.2, -0.15) is 8.78 Å². The lowest BCUT2D eigenvalue weighted by molar-refractivity contribution is -0.178. The second kappa shape index (κ2) is 6.54. The molecule has 0 aliphatic carbocycles. The van der Waals surface area contributed by atoms with E-state index in [0.29, 0.717) is 5.56 Å². The van der Waals surface area contributed by atoms with Crippen molar-refractivity contribution in [3.05, 3.63) is 34.9 Å². The third-order valence-corrected chi connectivity index (χ3v) is 2.81. The molecule has 2 unspecified atom stereocenters. The lowest BCUT2D eigenvalue weighted by atomic mass is 10.0. The third kappa shape index (κ3) is 4.33. The van der Waals surface area contributed by atoms with E-state index in [2.05, 4.69) is 0 Å². The molecule has 1 rings (SSSR count). The quantitative estimate of drug-likeness (QED) is 0.814. The predicted molar refractivity (Wildman–Crippen MR) is 64.7 cm³/mol. The van der Waals surface area contributed by atoms with Gasteiger partial charge in [0.25, 0.3) is 0 Å². The van der Waals surface area contributed by atoms with Crippen LogP contribution in [0.25, 0.3) is 0 Å². The lowest BCUT2D eigenvalue weighted by Crippen LogP contribution is -2.36. The van der Waals surface area contributed by atoms with Crippen LogP contribution >= 0.6 is 11.6 Å². The normalized spacial score (nSPS) is 15.6. The summed E-state index contributed by atoms with van der Waals surface area (Å²) in [7, 11) is 0. The van der Waals surface area contributed by atoms with E-state index in [9.17, 15) is 17.6 Å². The van der Waals surface area contributed by atoms with Gasteiger partial charge in [-0.3, -0.25) is 0 Å². The van der Waals surface area contributed by atoms with Crippen molar-refractivity contribution in [2.75, 3.05) is 6.61 Å². The van der Waals surface area contributed by atoms with Crippen LogP contribution in [-0.2, 0) is 4.74 Å². The molecular weight excluding hydrogens is 286 g/mol. The molecule has 0 heterocycles. The fourth-order valence-electron chi connectivity index (χ4n) is 1.49. The Balaban J connectivity index is 2.84. The first-order valence-corrected chi connectivity index (χ1v) is 5.91. The number of hydrogen-bond donors (Lipinski definition) is 1. The topological polar surface area (TPSA) is 35.2 Å². The zero-order chi connectivity index (χ0) is 14.6. The molecule has 1 aromatic carbocycles. The monoisotopic (exact) mass is 299 g/mol. The molecule has 108 valence electrons. The number of rotatable bonds is 6. The molecule has 2 atom stereocenters. The van der Waals surface area contributed by atoms with Gasteiger partial charge in [0, 0.05) is 16.6 Å². The van der Waals surface area contributed by atoms with Crippen LogP contribution in [0.4, 0.5) is 17.6 Å². The maximum absolute atomic E-state index is 12.8. The van der Waals surface area contributed by atoms with Gasteiger partial charge in [-0.05, 0) is 13.0 Å². The zero-order valence-electron chi connectivity index (χ0n) is 10.1. The summed E-state index contributed by atoms with van der Waals surface area (Å²) in [6.45, 7) is 0.108. The zero-order valence-corrected chi connectivity index (χ0v) is 10.9. The van der Waals surface area contributed by atoms with Gasteiger partial charge in [0.1, 0.15) is 6.61 Å². The maximum Gasteiger partial charge on any atom is 0.330 e. The van der Waals surface area contributed by atoms with Crippen molar-refractivity contribution in [1.82, 2.24) is 0 Å². The van der Waals surface area contributed by atoms with Gasteiger partial charge in [0.15, 0.2) is 0 Å². The predicted octanol–water partition coefficient (Wildman–Crippen LogP) is 3.65. The van der Waals surface area contributed by atoms with E-state index in [1.807, 2.05) is 0 Å². The Kier molecular flexibility index (Phi) is 5.58. The number of hydrogen-bond acceptors (Lipinski definition) is 2. The van der Waals surface area contributed by atoms with Crippen LogP contribution in [-0.4, -0.2) is 25.0 Å². The molecule has 7 heteroatoms. The van der Waals surface area contributed by atoms with Gasteiger partial charge in [-0.25, -0.2) is 8.78 Å². The van der Waals surface area contributed by atoms with Crippen LogP contribution in [0.3, 0.4) is 0 Å². The van der Waals surface area contributed by atoms with E-state index >= 15 is 0 Å². The summed E-state index contributed by atoms with van der Waals surface area (Å²) in [5.74, 6) is -4.21. The molecular formula is C12H14ClF4NO. The molecule has 0 bridgehead atoms. The lowest BCUT2D eigenvalue weighted by Gasteiger charge is -2.25. The summed E-state index contributed by atoms with van der Waals surface area (Å²) in [5, 5.41) is 0.283. The molecule has 2 N–H and O–H groups in total. The van der Waals surface area contributed by atoms with Crippen LogP contribution < -0.4 is 5.73 Å². The summed E-state index contributed by atoms with van der Waals surface area (Å²) >= 11 is 5.90. The molecule has 0 fully saturated rings. The van der Waals surface area contributed by atoms with E-state index in [1.54, 1.807) is 24.3 Å². The Hall–Kier alpha value is -0.850. The van der Waals surface area contributed by atoms with Crippen LogP contribution in [0.2, 0.25) is 5.02 Å². The fraction of sp³-hybridized carbons (Fsp3) is 0.500. The Labute approximate surface area is 113 Å². The molecule has 0 amide bonds. The minimum atomic E-state index is -4.21. The molecule has 1 aromatic rings. The van der Waals surface area contributed by atoms with Crippen LogP contribution in [0, 0.1) is 0 Å². The van der Waals surface area contributed by atoms with Crippen LogP contribution in [0.1, 0.15) is 18.6 Å². The highest BCUT2D eigenvalue weighted by molar-refractivity contribution is 6.31. The summed E-state index contributed by atoms with van der Waals surface area (Å²) in [4.78, 5) is 0. The minimum absolute atomic E-state index is 0.283. The summed E-state index contributed by atoms with van der Waals surface area (Å²) in [5.41, 5.74) is 6.02. The van der Waals surface area contributed by atoms with Crippen molar-refractivity contribution < 1.29 is 22.3 Å². The number of halogens is 5. The van der Waals surface area contributed by atoms with Gasteiger partial charge in [-0.15, -0.1) is 0 Å². The number of ether oxygens (including phenoxy) is 1. The summed E-state index contributed by atoms with van der Waals surface area (Å²) < 4.78 is 54.6. The largest absolute Gasteiger partial charge is 0.365 e. The third-order valence-electron chi connectivity index (χ3n) is 2.46. The first-order valence-electron chi connectivity index (χ1n) is 5.53. The van der Waals surface area contributed by atoms with E-state index in [0.717, 1.165) is 0 Å². The molecule has 0 aromatic heterocycles. The second-order valence-corrected chi connectivity index (χ2v) is 4.58. The SMILES string of the molecule is CC(N)C(OCC(F)(F)C(F)F)c1ccccc1Cl. The molecule has 2 nitrogen and oxygen atoms in total. The fourth-order valence-corrected chi connectivity index (χ4v) is 1.74. The Morgan fingerprint density at radius 1 is 1.32 bits per heavy atom. The van der Waals surface area contributed by atoms with Gasteiger partial charge >= 0.3 is 12.3 Å². The molecule has 19 heavy (non-hydrogen) atoms. The van der Waals surface area contributed by atoms with E-state index < -0.39 is 31.1 Å². The molecule has 0 aliphatic heterocycles. The van der Waals surface area contributed by atoms with Gasteiger partial charge in [0.2, 0.25) is 0 Å². The van der Waals surface area contributed by atoms with E-state index in [4.69, 9.17) is 22.1 Å². The number of benzene rings is 1. The first kappa shape index (κ1) is 16.2. The van der Waals surface area contributed by atoms with Crippen molar-refractivity contribution in [2.45, 2.75) is 31.4 Å². The van der Waals surface area contributed by atoms with Gasteiger partial charge in [-0.1, -0.05) is 29.8 Å². The average molecular weight is 300 g/mol. The van der Waals surface area contributed by atoms with Crippen molar-refractivity contribution >= 4 is 11.6 Å². The molecule has 0 radical (unpaired) electrons. The smallest absolute Gasteiger partial charge is 0.330 e. The van der Waals surface area contributed by atoms with Crippen molar-refractivity contribution in [3.63, 3.8) is 0 Å². The van der Waals surface area contributed by atoms with Crippen molar-refractivity contribution in [3.8, 4) is 0 Å². The van der Waals surface area contributed by atoms with Crippen molar-refractivity contribution in [2.24, 2.45) is 5.73 Å². The van der Waals surface area contributed by atoms with Gasteiger partial charge < -0.3 is 10.5 Å². The van der Waals surface area contributed by atoms with Crippen LogP contribution in [0.5, 0.6) is 0 Å². The highest BCUT2D eigenvalue weighted by Crippen LogP contribution is 2.31. The highest BCUT2D eigenvalue weighted by atomic mass is 35.5. The highest BCUT2D eigenvalue weighted by Gasteiger charge is 2.42. The minimum Gasteiger partial charge on any atom is -0.365 e.